The van der Waals surface area contributed by atoms with Gasteiger partial charge < -0.3 is 9.47 Å². The molecule has 0 aliphatic carbocycles. The molecule has 1 atom stereocenters. The van der Waals surface area contributed by atoms with Gasteiger partial charge in [-0.3, -0.25) is 4.21 Å². The lowest BCUT2D eigenvalue weighted by atomic mass is 9.99. The molecule has 0 N–H and O–H groups in total. The Kier molecular flexibility index (Phi) is 7.83. The highest BCUT2D eigenvalue weighted by Gasteiger charge is 2.14. The molecule has 3 nitrogen and oxygen atoms in total. The fraction of sp³-hybridized carbons (Fsp3) is 0.556. The van der Waals surface area contributed by atoms with E-state index in [9.17, 15) is 4.21 Å². The van der Waals surface area contributed by atoms with Gasteiger partial charge in [0, 0.05) is 29.1 Å². The Morgan fingerprint density at radius 1 is 1.27 bits per heavy atom. The predicted molar refractivity (Wildman–Crippen MR) is 93.0 cm³/mol. The molecule has 22 heavy (non-hydrogen) atoms. The Hall–Kier alpha value is -1.13. The SMILES string of the molecule is COC(C)(C)CCC/C(C)=C/COc1ccc(S(C)=O)cc1. The van der Waals surface area contributed by atoms with Crippen LogP contribution in [0.5, 0.6) is 5.75 Å². The topological polar surface area (TPSA) is 35.5 Å². The summed E-state index contributed by atoms with van der Waals surface area (Å²) in [6, 6.07) is 7.41. The molecule has 0 amide bonds. The molecule has 0 aromatic heterocycles. The number of hydrogen-bond donors (Lipinski definition) is 0. The van der Waals surface area contributed by atoms with E-state index in [1.165, 1.54) is 5.57 Å². The maximum absolute atomic E-state index is 11.3. The zero-order valence-electron chi connectivity index (χ0n) is 14.3. The van der Waals surface area contributed by atoms with Crippen molar-refractivity contribution in [2.45, 2.75) is 50.5 Å². The largest absolute Gasteiger partial charge is 0.490 e. The molecule has 0 aliphatic heterocycles. The summed E-state index contributed by atoms with van der Waals surface area (Å²) in [5, 5.41) is 0. The van der Waals surface area contributed by atoms with Gasteiger partial charge >= 0.3 is 0 Å². The van der Waals surface area contributed by atoms with E-state index in [4.69, 9.17) is 9.47 Å². The molecule has 124 valence electrons. The quantitative estimate of drug-likeness (QED) is 0.634. The van der Waals surface area contributed by atoms with Gasteiger partial charge in [0.05, 0.1) is 5.60 Å². The highest BCUT2D eigenvalue weighted by atomic mass is 32.2. The molecule has 0 saturated carbocycles. The van der Waals surface area contributed by atoms with Crippen LogP contribution in [-0.2, 0) is 15.5 Å². The fourth-order valence-electron chi connectivity index (χ4n) is 2.00. The molecule has 0 aliphatic rings. The summed E-state index contributed by atoms with van der Waals surface area (Å²) in [6.07, 6.45) is 7.01. The lowest BCUT2D eigenvalue weighted by Gasteiger charge is -2.22. The number of allylic oxidation sites excluding steroid dienone is 1. The summed E-state index contributed by atoms with van der Waals surface area (Å²) < 4.78 is 22.4. The van der Waals surface area contributed by atoms with Crippen LogP contribution < -0.4 is 4.74 Å². The van der Waals surface area contributed by atoms with Gasteiger partial charge in [-0.05, 0) is 70.4 Å². The van der Waals surface area contributed by atoms with Gasteiger partial charge in [-0.1, -0.05) is 5.57 Å². The number of ether oxygens (including phenoxy) is 2. The van der Waals surface area contributed by atoms with E-state index in [-0.39, 0.29) is 5.60 Å². The Balaban J connectivity index is 2.33. The third-order valence-corrected chi connectivity index (χ3v) is 4.68. The van der Waals surface area contributed by atoms with Crippen LogP contribution in [0.1, 0.15) is 40.0 Å². The number of methoxy groups -OCH3 is 1. The van der Waals surface area contributed by atoms with Crippen molar-refractivity contribution >= 4 is 10.8 Å². The van der Waals surface area contributed by atoms with Gasteiger partial charge in [0.15, 0.2) is 0 Å². The summed E-state index contributed by atoms with van der Waals surface area (Å²) in [7, 11) is 0.820. The summed E-state index contributed by atoms with van der Waals surface area (Å²) in [4.78, 5) is 0.819. The fourth-order valence-corrected chi connectivity index (χ4v) is 2.52. The maximum Gasteiger partial charge on any atom is 0.119 e. The number of benzene rings is 1. The van der Waals surface area contributed by atoms with Gasteiger partial charge in [-0.2, -0.15) is 0 Å². The molecule has 0 saturated heterocycles. The molecule has 1 aromatic rings. The van der Waals surface area contributed by atoms with Crippen molar-refractivity contribution in [1.29, 1.82) is 0 Å². The first kappa shape index (κ1) is 18.9. The molecule has 0 spiro atoms. The van der Waals surface area contributed by atoms with Gasteiger partial charge in [-0.15, -0.1) is 0 Å². The van der Waals surface area contributed by atoms with E-state index in [1.807, 2.05) is 24.3 Å². The van der Waals surface area contributed by atoms with Crippen LogP contribution in [0.15, 0.2) is 40.8 Å². The Labute approximate surface area is 137 Å². The molecular weight excluding hydrogens is 296 g/mol. The van der Waals surface area contributed by atoms with Crippen LogP contribution in [0.3, 0.4) is 0 Å². The van der Waals surface area contributed by atoms with Crippen molar-refractivity contribution in [3.63, 3.8) is 0 Å². The second-order valence-electron chi connectivity index (χ2n) is 6.10. The maximum atomic E-state index is 11.3. The van der Waals surface area contributed by atoms with Crippen LogP contribution in [0.2, 0.25) is 0 Å². The molecule has 1 aromatic carbocycles. The highest BCUT2D eigenvalue weighted by Crippen LogP contribution is 2.19. The van der Waals surface area contributed by atoms with Crippen LogP contribution in [0, 0.1) is 0 Å². The van der Waals surface area contributed by atoms with E-state index in [0.717, 1.165) is 29.9 Å². The Morgan fingerprint density at radius 3 is 2.45 bits per heavy atom. The minimum atomic E-state index is -0.940. The van der Waals surface area contributed by atoms with E-state index in [2.05, 4.69) is 26.8 Å². The van der Waals surface area contributed by atoms with Crippen LogP contribution in [0.25, 0.3) is 0 Å². The molecule has 0 fully saturated rings. The molecule has 0 radical (unpaired) electrons. The Morgan fingerprint density at radius 2 is 1.91 bits per heavy atom. The summed E-state index contributed by atoms with van der Waals surface area (Å²) in [5.74, 6) is 0.804. The standard InChI is InChI=1S/C18H28O3S/c1-15(7-6-13-18(2,3)20-4)12-14-21-16-8-10-17(11-9-16)22(5)19/h8-12H,6-7,13-14H2,1-5H3/b15-12+. The summed E-state index contributed by atoms with van der Waals surface area (Å²) >= 11 is 0. The van der Waals surface area contributed by atoms with E-state index in [0.29, 0.717) is 6.61 Å². The zero-order chi connectivity index (χ0) is 16.6. The monoisotopic (exact) mass is 324 g/mol. The first-order chi connectivity index (χ1) is 10.3. The Bertz CT molecular complexity index is 504. The average Bonchev–Trinajstić information content (AvgIpc) is 2.47. The first-order valence-electron chi connectivity index (χ1n) is 7.61. The van der Waals surface area contributed by atoms with Gasteiger partial charge in [-0.25, -0.2) is 0 Å². The molecule has 1 unspecified atom stereocenters. The van der Waals surface area contributed by atoms with Gasteiger partial charge in [0.2, 0.25) is 0 Å². The summed E-state index contributed by atoms with van der Waals surface area (Å²) in [5.41, 5.74) is 1.29. The van der Waals surface area contributed by atoms with Gasteiger partial charge in [0.1, 0.15) is 12.4 Å². The van der Waals surface area contributed by atoms with Crippen molar-refractivity contribution in [1.82, 2.24) is 0 Å². The molecule has 1 rings (SSSR count). The zero-order valence-corrected chi connectivity index (χ0v) is 15.2. The second-order valence-corrected chi connectivity index (χ2v) is 7.48. The molecule has 4 heteroatoms. The van der Waals surface area contributed by atoms with Crippen molar-refractivity contribution in [2.24, 2.45) is 0 Å². The highest BCUT2D eigenvalue weighted by molar-refractivity contribution is 7.84. The molecule has 0 bridgehead atoms. The lowest BCUT2D eigenvalue weighted by Crippen LogP contribution is -2.21. The van der Waals surface area contributed by atoms with Crippen LogP contribution in [-0.4, -0.2) is 29.8 Å². The van der Waals surface area contributed by atoms with E-state index >= 15 is 0 Å². The minimum Gasteiger partial charge on any atom is -0.490 e. The van der Waals surface area contributed by atoms with Crippen molar-refractivity contribution in [2.75, 3.05) is 20.0 Å². The van der Waals surface area contributed by atoms with Crippen LogP contribution >= 0.6 is 0 Å². The smallest absolute Gasteiger partial charge is 0.119 e. The summed E-state index contributed by atoms with van der Waals surface area (Å²) in [6.45, 7) is 6.92. The predicted octanol–water partition coefficient (Wildman–Crippen LogP) is 4.34. The van der Waals surface area contributed by atoms with Crippen molar-refractivity contribution in [3.05, 3.63) is 35.9 Å². The third kappa shape index (κ3) is 7.23. The molecule has 0 heterocycles. The van der Waals surface area contributed by atoms with Gasteiger partial charge in [0.25, 0.3) is 0 Å². The van der Waals surface area contributed by atoms with Crippen molar-refractivity contribution in [3.8, 4) is 5.75 Å². The number of hydrogen-bond acceptors (Lipinski definition) is 3. The first-order valence-corrected chi connectivity index (χ1v) is 9.17. The van der Waals surface area contributed by atoms with E-state index in [1.54, 1.807) is 13.4 Å². The van der Waals surface area contributed by atoms with Crippen LogP contribution in [0.4, 0.5) is 0 Å². The number of rotatable bonds is 9. The average molecular weight is 324 g/mol. The van der Waals surface area contributed by atoms with E-state index < -0.39 is 10.8 Å². The minimum absolute atomic E-state index is 0.0438. The second kappa shape index (κ2) is 9.11. The van der Waals surface area contributed by atoms with Crippen molar-refractivity contribution < 1.29 is 13.7 Å². The normalized spacial score (nSPS) is 14.0. The molecular formula is C18H28O3S. The third-order valence-electron chi connectivity index (χ3n) is 3.74. The lowest BCUT2D eigenvalue weighted by molar-refractivity contribution is 0.0140.